The molecular formula is C21H20ClN7O3. The number of amides is 1. The minimum Gasteiger partial charge on any atom is -0.461 e. The van der Waals surface area contributed by atoms with Crippen LogP contribution in [0.4, 0.5) is 5.82 Å². The summed E-state index contributed by atoms with van der Waals surface area (Å²) in [6, 6.07) is 7.01. The number of aryl methyl sites for hydroxylation is 1. The van der Waals surface area contributed by atoms with Gasteiger partial charge in [-0.05, 0) is 37.6 Å². The van der Waals surface area contributed by atoms with Gasteiger partial charge in [0.25, 0.3) is 5.91 Å². The zero-order chi connectivity index (χ0) is 22.5. The van der Waals surface area contributed by atoms with Gasteiger partial charge in [0.15, 0.2) is 11.5 Å². The lowest BCUT2D eigenvalue weighted by atomic mass is 10.3. The third kappa shape index (κ3) is 4.66. The first-order valence-electron chi connectivity index (χ1n) is 9.84. The average molecular weight is 454 g/mol. The van der Waals surface area contributed by atoms with Crippen LogP contribution in [0.2, 0.25) is 5.02 Å². The number of hydrogen-bond donors (Lipinski definition) is 1. The Morgan fingerprint density at radius 3 is 2.81 bits per heavy atom. The second-order valence-corrected chi connectivity index (χ2v) is 7.17. The van der Waals surface area contributed by atoms with E-state index in [1.165, 1.54) is 12.5 Å². The molecule has 1 amide bonds. The monoisotopic (exact) mass is 453 g/mol. The van der Waals surface area contributed by atoms with Crippen LogP contribution in [0.25, 0.3) is 16.9 Å². The highest BCUT2D eigenvalue weighted by atomic mass is 35.5. The molecule has 4 heterocycles. The minimum absolute atomic E-state index is 0.0227. The van der Waals surface area contributed by atoms with E-state index < -0.39 is 12.0 Å². The summed E-state index contributed by atoms with van der Waals surface area (Å²) in [6.07, 6.45) is 5.07. The van der Waals surface area contributed by atoms with Gasteiger partial charge >= 0.3 is 0 Å². The van der Waals surface area contributed by atoms with E-state index in [-0.39, 0.29) is 12.5 Å². The Kier molecular flexibility index (Phi) is 6.52. The fourth-order valence-corrected chi connectivity index (χ4v) is 3.06. The quantitative estimate of drug-likeness (QED) is 0.432. The molecule has 0 bridgehead atoms. The van der Waals surface area contributed by atoms with Crippen LogP contribution >= 0.6 is 11.6 Å². The van der Waals surface area contributed by atoms with Crippen LogP contribution in [-0.4, -0.2) is 54.9 Å². The first-order valence-corrected chi connectivity index (χ1v) is 10.2. The van der Waals surface area contributed by atoms with Crippen molar-refractivity contribution >= 4 is 34.4 Å². The third-order valence-electron chi connectivity index (χ3n) is 4.51. The van der Waals surface area contributed by atoms with Crippen molar-refractivity contribution in [2.24, 2.45) is 0 Å². The van der Waals surface area contributed by atoms with Gasteiger partial charge in [-0.15, -0.1) is 0 Å². The number of anilines is 1. The molecule has 164 valence electrons. The number of fused-ring (bicyclic) bond motifs is 1. The summed E-state index contributed by atoms with van der Waals surface area (Å²) in [5.41, 5.74) is 1.44. The van der Waals surface area contributed by atoms with E-state index in [4.69, 9.17) is 21.1 Å². The SMILES string of the molecule is CCOC[C@H](Oc1ncnc2c1cnn2-c1ncccc1C)C(=O)Nc1ccc(Cl)cn1. The van der Waals surface area contributed by atoms with Crippen molar-refractivity contribution in [1.29, 1.82) is 0 Å². The van der Waals surface area contributed by atoms with Gasteiger partial charge in [-0.1, -0.05) is 17.7 Å². The van der Waals surface area contributed by atoms with E-state index >= 15 is 0 Å². The molecule has 4 rings (SSSR count). The molecule has 4 aromatic rings. The molecule has 0 unspecified atom stereocenters. The van der Waals surface area contributed by atoms with Crippen molar-refractivity contribution in [3.05, 3.63) is 59.8 Å². The van der Waals surface area contributed by atoms with Crippen LogP contribution in [0.15, 0.2) is 49.2 Å². The molecule has 4 aromatic heterocycles. The molecule has 0 saturated heterocycles. The molecule has 32 heavy (non-hydrogen) atoms. The molecule has 0 aromatic carbocycles. The number of nitrogens with one attached hydrogen (secondary N) is 1. The largest absolute Gasteiger partial charge is 0.461 e. The zero-order valence-electron chi connectivity index (χ0n) is 17.4. The van der Waals surface area contributed by atoms with Crippen molar-refractivity contribution in [2.45, 2.75) is 20.0 Å². The number of nitrogens with zero attached hydrogens (tertiary/aromatic N) is 6. The predicted octanol–water partition coefficient (Wildman–Crippen LogP) is 2.99. The van der Waals surface area contributed by atoms with Gasteiger partial charge in [0.2, 0.25) is 12.0 Å². The van der Waals surface area contributed by atoms with Gasteiger partial charge in [0, 0.05) is 19.0 Å². The van der Waals surface area contributed by atoms with Crippen LogP contribution < -0.4 is 10.1 Å². The van der Waals surface area contributed by atoms with Gasteiger partial charge in [-0.25, -0.2) is 19.9 Å². The van der Waals surface area contributed by atoms with E-state index in [0.29, 0.717) is 34.3 Å². The predicted molar refractivity (Wildman–Crippen MR) is 118 cm³/mol. The van der Waals surface area contributed by atoms with Gasteiger partial charge < -0.3 is 14.8 Å². The van der Waals surface area contributed by atoms with Gasteiger partial charge in [0.05, 0.1) is 17.8 Å². The van der Waals surface area contributed by atoms with Crippen LogP contribution in [-0.2, 0) is 9.53 Å². The summed E-state index contributed by atoms with van der Waals surface area (Å²) in [7, 11) is 0. The molecule has 1 atom stereocenters. The number of halogens is 1. The number of aromatic nitrogens is 6. The van der Waals surface area contributed by atoms with E-state index in [2.05, 4.69) is 30.4 Å². The van der Waals surface area contributed by atoms with Gasteiger partial charge in [0.1, 0.15) is 17.5 Å². The minimum atomic E-state index is -0.981. The maximum atomic E-state index is 12.9. The average Bonchev–Trinajstić information content (AvgIpc) is 3.23. The fourth-order valence-electron chi connectivity index (χ4n) is 2.95. The lowest BCUT2D eigenvalue weighted by Gasteiger charge is -2.18. The van der Waals surface area contributed by atoms with Gasteiger partial charge in [-0.2, -0.15) is 9.78 Å². The maximum absolute atomic E-state index is 12.9. The maximum Gasteiger partial charge on any atom is 0.269 e. The Balaban J connectivity index is 1.62. The Bertz CT molecular complexity index is 1230. The van der Waals surface area contributed by atoms with Crippen molar-refractivity contribution < 1.29 is 14.3 Å². The molecule has 0 aliphatic rings. The number of ether oxygens (including phenoxy) is 2. The molecule has 0 aliphatic carbocycles. The van der Waals surface area contributed by atoms with E-state index in [1.807, 2.05) is 26.0 Å². The number of rotatable bonds is 8. The second kappa shape index (κ2) is 9.67. The summed E-state index contributed by atoms with van der Waals surface area (Å²) < 4.78 is 13.0. The van der Waals surface area contributed by atoms with Crippen molar-refractivity contribution in [2.75, 3.05) is 18.5 Å². The zero-order valence-corrected chi connectivity index (χ0v) is 18.2. The van der Waals surface area contributed by atoms with Crippen LogP contribution in [0.1, 0.15) is 12.5 Å². The lowest BCUT2D eigenvalue weighted by Crippen LogP contribution is -2.37. The van der Waals surface area contributed by atoms with E-state index in [0.717, 1.165) is 5.56 Å². The Morgan fingerprint density at radius 2 is 2.06 bits per heavy atom. The fraction of sp³-hybridized carbons (Fsp3) is 0.238. The third-order valence-corrected chi connectivity index (χ3v) is 4.73. The van der Waals surface area contributed by atoms with Crippen molar-refractivity contribution in [3.63, 3.8) is 0 Å². The number of carbonyl (C=O) groups is 1. The standard InChI is InChI=1S/C21H20ClN7O3/c1-3-31-11-16(20(30)28-17-7-6-14(22)9-24-17)32-21-15-10-27-29(19(15)25-12-26-21)18-13(2)5-4-8-23-18/h4-10,12,16H,3,11H2,1-2H3,(H,24,28,30)/t16-/m0/s1. The molecule has 11 heteroatoms. The summed E-state index contributed by atoms with van der Waals surface area (Å²) in [6.45, 7) is 4.21. The molecule has 0 spiro atoms. The van der Waals surface area contributed by atoms with Gasteiger partial charge in [-0.3, -0.25) is 4.79 Å². The molecular weight excluding hydrogens is 434 g/mol. The highest BCUT2D eigenvalue weighted by Crippen LogP contribution is 2.25. The molecule has 0 fully saturated rings. The van der Waals surface area contributed by atoms with E-state index in [1.54, 1.807) is 29.2 Å². The summed E-state index contributed by atoms with van der Waals surface area (Å²) in [5, 5.41) is 8.10. The summed E-state index contributed by atoms with van der Waals surface area (Å²) >= 11 is 5.85. The van der Waals surface area contributed by atoms with E-state index in [9.17, 15) is 4.79 Å². The van der Waals surface area contributed by atoms with Crippen molar-refractivity contribution in [3.8, 4) is 11.7 Å². The molecule has 1 N–H and O–H groups in total. The highest BCUT2D eigenvalue weighted by Gasteiger charge is 2.24. The molecule has 10 nitrogen and oxygen atoms in total. The lowest BCUT2D eigenvalue weighted by molar-refractivity contribution is -0.125. The Morgan fingerprint density at radius 1 is 1.19 bits per heavy atom. The molecule has 0 aliphatic heterocycles. The number of carbonyl (C=O) groups excluding carboxylic acids is 1. The van der Waals surface area contributed by atoms with Crippen LogP contribution in [0.5, 0.6) is 5.88 Å². The summed E-state index contributed by atoms with van der Waals surface area (Å²) in [5.74, 6) is 0.757. The Hall–Kier alpha value is -3.63. The smallest absolute Gasteiger partial charge is 0.269 e. The normalized spacial score (nSPS) is 12.0. The van der Waals surface area contributed by atoms with Crippen LogP contribution in [0.3, 0.4) is 0 Å². The first-order chi connectivity index (χ1) is 15.6. The van der Waals surface area contributed by atoms with Crippen molar-refractivity contribution in [1.82, 2.24) is 29.7 Å². The number of hydrogen-bond acceptors (Lipinski definition) is 8. The second-order valence-electron chi connectivity index (χ2n) is 6.73. The Labute approximate surface area is 188 Å². The van der Waals surface area contributed by atoms with Crippen LogP contribution in [0, 0.1) is 6.92 Å². The molecule has 0 saturated carbocycles. The topological polar surface area (TPSA) is 117 Å². The first kappa shape index (κ1) is 21.6. The summed E-state index contributed by atoms with van der Waals surface area (Å²) in [4.78, 5) is 29.8. The molecule has 0 radical (unpaired) electrons. The highest BCUT2D eigenvalue weighted by molar-refractivity contribution is 6.30. The number of pyridine rings is 2.